The van der Waals surface area contributed by atoms with E-state index in [1.807, 2.05) is 0 Å². The number of aliphatic carboxylic acids is 1. The largest absolute Gasteiger partial charge is 0.481 e. The third-order valence-corrected chi connectivity index (χ3v) is 1.93. The summed E-state index contributed by atoms with van der Waals surface area (Å²) >= 11 is 11.2. The minimum absolute atomic E-state index is 0.122. The Labute approximate surface area is 90.1 Å². The van der Waals surface area contributed by atoms with Crippen molar-refractivity contribution in [1.29, 1.82) is 0 Å². The summed E-state index contributed by atoms with van der Waals surface area (Å²) in [5, 5.41) is 18.1. The number of hydrogen-bond acceptors (Lipinski definition) is 3. The van der Waals surface area contributed by atoms with E-state index in [4.69, 9.17) is 28.3 Å². The zero-order chi connectivity index (χ0) is 10.7. The average molecular weight is 236 g/mol. The maximum atomic E-state index is 10.3. The lowest BCUT2D eigenvalue weighted by molar-refractivity contribution is -0.139. The van der Waals surface area contributed by atoms with Crippen LogP contribution in [0.1, 0.15) is 18.1 Å². The first-order chi connectivity index (χ1) is 6.49. The highest BCUT2D eigenvalue weighted by Gasteiger charge is 2.13. The van der Waals surface area contributed by atoms with Gasteiger partial charge in [-0.1, -0.05) is 23.2 Å². The quantitative estimate of drug-likeness (QED) is 0.786. The molecule has 4 nitrogen and oxygen atoms in total. The summed E-state index contributed by atoms with van der Waals surface area (Å²) in [4.78, 5) is 14.0. The number of halogens is 2. The summed E-state index contributed by atoms with van der Waals surface area (Å²) in [5.41, 5.74) is 0.345. The van der Waals surface area contributed by atoms with Crippen LogP contribution in [0.3, 0.4) is 0 Å². The van der Waals surface area contributed by atoms with Crippen LogP contribution in [0.15, 0.2) is 12.1 Å². The number of nitrogens with zero attached hydrogens (tertiary/aromatic N) is 1. The van der Waals surface area contributed by atoms with E-state index in [0.29, 0.717) is 5.56 Å². The van der Waals surface area contributed by atoms with Gasteiger partial charge in [-0.15, -0.1) is 0 Å². The molecule has 1 heterocycles. The van der Waals surface area contributed by atoms with Gasteiger partial charge in [-0.2, -0.15) is 0 Å². The van der Waals surface area contributed by atoms with Gasteiger partial charge in [0, 0.05) is 0 Å². The Morgan fingerprint density at radius 3 is 2.36 bits per heavy atom. The zero-order valence-electron chi connectivity index (χ0n) is 6.94. The molecule has 0 spiro atoms. The van der Waals surface area contributed by atoms with Gasteiger partial charge >= 0.3 is 5.97 Å². The van der Waals surface area contributed by atoms with E-state index >= 15 is 0 Å². The molecule has 0 aromatic carbocycles. The van der Waals surface area contributed by atoms with E-state index in [2.05, 4.69) is 4.98 Å². The fourth-order valence-electron chi connectivity index (χ4n) is 0.959. The number of rotatable bonds is 3. The number of carboxylic acids is 1. The Morgan fingerprint density at radius 2 is 1.93 bits per heavy atom. The highest BCUT2D eigenvalue weighted by atomic mass is 35.5. The minimum Gasteiger partial charge on any atom is -0.481 e. The van der Waals surface area contributed by atoms with E-state index in [9.17, 15) is 9.90 Å². The fraction of sp³-hybridized carbons (Fsp3) is 0.250. The van der Waals surface area contributed by atoms with Crippen molar-refractivity contribution in [2.24, 2.45) is 0 Å². The third-order valence-electron chi connectivity index (χ3n) is 1.54. The lowest BCUT2D eigenvalue weighted by Crippen LogP contribution is -2.05. The fourth-order valence-corrected chi connectivity index (χ4v) is 1.44. The SMILES string of the molecule is O=C(O)CC(O)c1cc(Cl)nc(Cl)c1. The van der Waals surface area contributed by atoms with Crippen LogP contribution in [0.4, 0.5) is 0 Å². The monoisotopic (exact) mass is 235 g/mol. The molecule has 76 valence electrons. The van der Waals surface area contributed by atoms with Crippen molar-refractivity contribution in [2.75, 3.05) is 0 Å². The van der Waals surface area contributed by atoms with Crippen molar-refractivity contribution in [3.63, 3.8) is 0 Å². The molecule has 0 aliphatic carbocycles. The normalized spacial score (nSPS) is 12.5. The van der Waals surface area contributed by atoms with Crippen LogP contribution in [0.25, 0.3) is 0 Å². The first-order valence-corrected chi connectivity index (χ1v) is 4.47. The van der Waals surface area contributed by atoms with E-state index in [-0.39, 0.29) is 10.3 Å². The second kappa shape index (κ2) is 4.59. The molecule has 0 bridgehead atoms. The average Bonchev–Trinajstić information content (AvgIpc) is 2.00. The summed E-state index contributed by atoms with van der Waals surface area (Å²) in [6, 6.07) is 2.75. The number of carboxylic acid groups (broad SMARTS) is 1. The van der Waals surface area contributed by atoms with Crippen LogP contribution in [-0.2, 0) is 4.79 Å². The van der Waals surface area contributed by atoms with Gasteiger partial charge in [0.1, 0.15) is 10.3 Å². The third kappa shape index (κ3) is 3.14. The maximum Gasteiger partial charge on any atom is 0.306 e. The Hall–Kier alpha value is -0.840. The summed E-state index contributed by atoms with van der Waals surface area (Å²) < 4.78 is 0. The maximum absolute atomic E-state index is 10.3. The molecule has 1 atom stereocenters. The van der Waals surface area contributed by atoms with Gasteiger partial charge in [-0.25, -0.2) is 4.98 Å². The Morgan fingerprint density at radius 1 is 1.43 bits per heavy atom. The van der Waals surface area contributed by atoms with E-state index in [1.165, 1.54) is 12.1 Å². The van der Waals surface area contributed by atoms with Crippen LogP contribution < -0.4 is 0 Å². The molecule has 0 aliphatic rings. The lowest BCUT2D eigenvalue weighted by atomic mass is 10.1. The van der Waals surface area contributed by atoms with Crippen molar-refractivity contribution in [3.8, 4) is 0 Å². The van der Waals surface area contributed by atoms with Crippen molar-refractivity contribution in [2.45, 2.75) is 12.5 Å². The first-order valence-electron chi connectivity index (χ1n) is 3.72. The van der Waals surface area contributed by atoms with Crippen LogP contribution in [-0.4, -0.2) is 21.2 Å². The molecule has 1 rings (SSSR count). The van der Waals surface area contributed by atoms with Crippen molar-refractivity contribution in [3.05, 3.63) is 28.0 Å². The van der Waals surface area contributed by atoms with Crippen LogP contribution in [0, 0.1) is 0 Å². The van der Waals surface area contributed by atoms with E-state index in [0.717, 1.165) is 0 Å². The first kappa shape index (κ1) is 11.2. The molecule has 0 fully saturated rings. The van der Waals surface area contributed by atoms with Gasteiger partial charge in [0.25, 0.3) is 0 Å². The molecule has 0 saturated heterocycles. The smallest absolute Gasteiger partial charge is 0.306 e. The Kier molecular flexibility index (Phi) is 3.69. The summed E-state index contributed by atoms with van der Waals surface area (Å²) in [6.07, 6.45) is -1.51. The van der Waals surface area contributed by atoms with Crippen LogP contribution in [0.2, 0.25) is 10.3 Å². The number of aromatic nitrogens is 1. The molecule has 14 heavy (non-hydrogen) atoms. The topological polar surface area (TPSA) is 70.4 Å². The molecular weight excluding hydrogens is 229 g/mol. The Bertz CT molecular complexity index is 336. The predicted octanol–water partition coefficient (Wildman–Crippen LogP) is 1.90. The van der Waals surface area contributed by atoms with E-state index in [1.54, 1.807) is 0 Å². The number of aliphatic hydroxyl groups is 1. The summed E-state index contributed by atoms with van der Waals surface area (Å²) in [5.74, 6) is -1.10. The van der Waals surface area contributed by atoms with Crippen LogP contribution >= 0.6 is 23.2 Å². The summed E-state index contributed by atoms with van der Waals surface area (Å²) in [7, 11) is 0. The molecule has 0 amide bonds. The van der Waals surface area contributed by atoms with Gasteiger partial charge in [0.05, 0.1) is 12.5 Å². The lowest BCUT2D eigenvalue weighted by Gasteiger charge is -2.08. The minimum atomic E-state index is -1.12. The standard InChI is InChI=1S/C8H7Cl2NO3/c9-6-1-4(2-7(10)11-6)5(12)3-8(13)14/h1-2,5,12H,3H2,(H,13,14). The molecule has 0 radical (unpaired) electrons. The summed E-state index contributed by atoms with van der Waals surface area (Å²) in [6.45, 7) is 0. The molecular formula is C8H7Cl2NO3. The molecule has 6 heteroatoms. The second-order valence-electron chi connectivity index (χ2n) is 2.66. The molecule has 2 N–H and O–H groups in total. The van der Waals surface area contributed by atoms with Gasteiger partial charge in [0.2, 0.25) is 0 Å². The van der Waals surface area contributed by atoms with Gasteiger partial charge in [-0.05, 0) is 17.7 Å². The van der Waals surface area contributed by atoms with Crippen molar-refractivity contribution < 1.29 is 15.0 Å². The second-order valence-corrected chi connectivity index (χ2v) is 3.43. The van der Waals surface area contributed by atoms with E-state index < -0.39 is 18.5 Å². The molecule has 1 aromatic rings. The highest BCUT2D eigenvalue weighted by Crippen LogP contribution is 2.22. The number of carbonyl (C=O) groups is 1. The molecule has 0 aliphatic heterocycles. The van der Waals surface area contributed by atoms with Gasteiger partial charge < -0.3 is 10.2 Å². The number of pyridine rings is 1. The Balaban J connectivity index is 2.89. The number of hydrogen-bond donors (Lipinski definition) is 2. The predicted molar refractivity (Wildman–Crippen MR) is 51.5 cm³/mol. The molecule has 0 saturated carbocycles. The zero-order valence-corrected chi connectivity index (χ0v) is 8.46. The van der Waals surface area contributed by atoms with Gasteiger partial charge in [-0.3, -0.25) is 4.79 Å². The number of aliphatic hydroxyl groups excluding tert-OH is 1. The van der Waals surface area contributed by atoms with Crippen LogP contribution in [0.5, 0.6) is 0 Å². The van der Waals surface area contributed by atoms with Gasteiger partial charge in [0.15, 0.2) is 0 Å². The molecule has 1 aromatic heterocycles. The molecule has 1 unspecified atom stereocenters. The van der Waals surface area contributed by atoms with Crippen molar-refractivity contribution in [1.82, 2.24) is 4.98 Å². The van der Waals surface area contributed by atoms with Crippen molar-refractivity contribution >= 4 is 29.2 Å². The highest BCUT2D eigenvalue weighted by molar-refractivity contribution is 6.32.